The van der Waals surface area contributed by atoms with Gasteiger partial charge in [0.25, 0.3) is 0 Å². The molecule has 6 heteroatoms. The summed E-state index contributed by atoms with van der Waals surface area (Å²) >= 11 is 0. The van der Waals surface area contributed by atoms with Crippen molar-refractivity contribution < 1.29 is 14.6 Å². The van der Waals surface area contributed by atoms with E-state index in [0.717, 1.165) is 26.3 Å². The molecule has 1 heterocycles. The number of amides is 1. The summed E-state index contributed by atoms with van der Waals surface area (Å²) in [5.41, 5.74) is -0.465. The van der Waals surface area contributed by atoms with Gasteiger partial charge in [-0.05, 0) is 13.8 Å². The summed E-state index contributed by atoms with van der Waals surface area (Å²) in [6, 6.07) is 0. The molecule has 3 N–H and O–H groups in total. The Kier molecular flexibility index (Phi) is 6.71. The van der Waals surface area contributed by atoms with Gasteiger partial charge in [0.15, 0.2) is 0 Å². The van der Waals surface area contributed by atoms with Gasteiger partial charge in [-0.15, -0.1) is 0 Å². The van der Waals surface area contributed by atoms with Crippen LogP contribution in [0.5, 0.6) is 0 Å². The maximum Gasteiger partial charge on any atom is 0.226 e. The number of ether oxygens (including phenoxy) is 1. The third kappa shape index (κ3) is 5.86. The van der Waals surface area contributed by atoms with Crippen LogP contribution in [0.2, 0.25) is 0 Å². The highest BCUT2D eigenvalue weighted by Crippen LogP contribution is 2.12. The summed E-state index contributed by atoms with van der Waals surface area (Å²) in [5, 5.41) is 15.8. The van der Waals surface area contributed by atoms with Crippen LogP contribution in [-0.4, -0.2) is 75.0 Å². The third-order valence-electron chi connectivity index (χ3n) is 3.36. The van der Waals surface area contributed by atoms with Gasteiger partial charge in [-0.25, -0.2) is 0 Å². The number of morpholine rings is 1. The maximum atomic E-state index is 11.6. The molecule has 0 aromatic carbocycles. The van der Waals surface area contributed by atoms with Crippen molar-refractivity contribution in [2.24, 2.45) is 5.41 Å². The van der Waals surface area contributed by atoms with Crippen molar-refractivity contribution in [2.75, 3.05) is 53.0 Å². The second-order valence-corrected chi connectivity index (χ2v) is 5.66. The quantitative estimate of drug-likeness (QED) is 0.557. The van der Waals surface area contributed by atoms with Crippen molar-refractivity contribution in [3.05, 3.63) is 0 Å². The van der Waals surface area contributed by atoms with E-state index in [4.69, 9.17) is 4.74 Å². The van der Waals surface area contributed by atoms with Crippen molar-refractivity contribution in [2.45, 2.75) is 20.0 Å². The fourth-order valence-electron chi connectivity index (χ4n) is 2.12. The fourth-order valence-corrected chi connectivity index (χ4v) is 2.12. The first-order chi connectivity index (χ1) is 8.95. The molecule has 0 aromatic heterocycles. The lowest BCUT2D eigenvalue weighted by atomic mass is 9.92. The molecule has 0 aliphatic carbocycles. The summed E-state index contributed by atoms with van der Waals surface area (Å²) in [5.74, 6) is 0.00247. The van der Waals surface area contributed by atoms with Crippen molar-refractivity contribution in [3.8, 4) is 0 Å². The zero-order chi connectivity index (χ0) is 14.3. The molecular weight excluding hydrogens is 246 g/mol. The van der Waals surface area contributed by atoms with E-state index >= 15 is 0 Å². The van der Waals surface area contributed by atoms with Crippen LogP contribution in [0.15, 0.2) is 0 Å². The number of nitrogens with zero attached hydrogens (tertiary/aromatic N) is 1. The van der Waals surface area contributed by atoms with Gasteiger partial charge in [0.05, 0.1) is 24.7 Å². The zero-order valence-corrected chi connectivity index (χ0v) is 12.2. The molecule has 1 unspecified atom stereocenters. The predicted octanol–water partition coefficient (Wildman–Crippen LogP) is -0.959. The number of aliphatic hydroxyl groups excluding tert-OH is 1. The van der Waals surface area contributed by atoms with Crippen molar-refractivity contribution in [1.29, 1.82) is 0 Å². The molecule has 1 aliphatic heterocycles. The summed E-state index contributed by atoms with van der Waals surface area (Å²) in [6.07, 6.45) is -0.418. The van der Waals surface area contributed by atoms with E-state index in [1.165, 1.54) is 0 Å². The van der Waals surface area contributed by atoms with Gasteiger partial charge in [0.1, 0.15) is 0 Å². The van der Waals surface area contributed by atoms with Gasteiger partial charge in [-0.3, -0.25) is 9.69 Å². The minimum Gasteiger partial charge on any atom is -0.390 e. The molecular formula is C13H27N3O3. The van der Waals surface area contributed by atoms with E-state index in [-0.39, 0.29) is 5.91 Å². The van der Waals surface area contributed by atoms with E-state index in [2.05, 4.69) is 15.5 Å². The normalized spacial score (nSPS) is 19.2. The van der Waals surface area contributed by atoms with Gasteiger partial charge in [0.2, 0.25) is 5.91 Å². The van der Waals surface area contributed by atoms with E-state index in [1.807, 2.05) is 13.8 Å². The van der Waals surface area contributed by atoms with Crippen LogP contribution in [-0.2, 0) is 9.53 Å². The molecule has 1 atom stereocenters. The molecule has 0 spiro atoms. The number of carbonyl (C=O) groups excluding carboxylic acids is 1. The second kappa shape index (κ2) is 7.79. The van der Waals surface area contributed by atoms with Crippen molar-refractivity contribution >= 4 is 5.91 Å². The fraction of sp³-hybridized carbons (Fsp3) is 0.923. The lowest BCUT2D eigenvalue weighted by Crippen LogP contribution is -2.47. The first-order valence-electron chi connectivity index (χ1n) is 6.87. The maximum absolute atomic E-state index is 11.6. The zero-order valence-electron chi connectivity index (χ0n) is 12.2. The highest BCUT2D eigenvalue weighted by atomic mass is 16.5. The molecule has 0 saturated carbocycles. The second-order valence-electron chi connectivity index (χ2n) is 5.66. The van der Waals surface area contributed by atoms with Gasteiger partial charge >= 0.3 is 0 Å². The molecule has 112 valence electrons. The average molecular weight is 273 g/mol. The van der Waals surface area contributed by atoms with Crippen molar-refractivity contribution in [3.63, 3.8) is 0 Å². The monoisotopic (exact) mass is 273 g/mol. The molecule has 0 bridgehead atoms. The van der Waals surface area contributed by atoms with Gasteiger partial charge in [-0.2, -0.15) is 0 Å². The van der Waals surface area contributed by atoms with E-state index in [0.29, 0.717) is 19.6 Å². The minimum atomic E-state index is -0.465. The smallest absolute Gasteiger partial charge is 0.226 e. The topological polar surface area (TPSA) is 73.8 Å². The van der Waals surface area contributed by atoms with E-state index in [1.54, 1.807) is 7.05 Å². The number of β-amino-alcohol motifs (C(OH)–C–C–N with tert-alkyl or cyclic N) is 1. The molecule has 1 amide bonds. The van der Waals surface area contributed by atoms with E-state index < -0.39 is 11.5 Å². The minimum absolute atomic E-state index is 0.00247. The van der Waals surface area contributed by atoms with E-state index in [9.17, 15) is 9.90 Å². The Hall–Kier alpha value is -0.690. The summed E-state index contributed by atoms with van der Waals surface area (Å²) in [7, 11) is 1.64. The number of carbonyl (C=O) groups is 1. The molecule has 0 aromatic rings. The molecule has 6 nitrogen and oxygen atoms in total. The number of hydrogen-bond donors (Lipinski definition) is 3. The molecule has 0 radical (unpaired) electrons. The number of aliphatic hydroxyl groups is 1. The Balaban J connectivity index is 2.19. The number of hydrogen-bond acceptors (Lipinski definition) is 5. The van der Waals surface area contributed by atoms with Crippen LogP contribution in [0.1, 0.15) is 13.8 Å². The standard InChI is InChI=1S/C13H27N3O3/c1-13(2,12(18)14-3)10-15-8-11(17)9-16-4-6-19-7-5-16/h11,15,17H,4-10H2,1-3H3,(H,14,18). The SMILES string of the molecule is CNC(=O)C(C)(C)CNCC(O)CN1CCOCC1. The largest absolute Gasteiger partial charge is 0.390 e. The summed E-state index contributed by atoms with van der Waals surface area (Å²) in [6.45, 7) is 8.69. The highest BCUT2D eigenvalue weighted by Gasteiger charge is 2.26. The lowest BCUT2D eigenvalue weighted by molar-refractivity contribution is -0.128. The Morgan fingerprint density at radius 1 is 1.42 bits per heavy atom. The number of nitrogens with one attached hydrogen (secondary N) is 2. The third-order valence-corrected chi connectivity index (χ3v) is 3.36. The molecule has 1 fully saturated rings. The van der Waals surface area contributed by atoms with Crippen LogP contribution in [0.25, 0.3) is 0 Å². The first kappa shape index (κ1) is 16.4. The Morgan fingerprint density at radius 2 is 2.05 bits per heavy atom. The van der Waals surface area contributed by atoms with Gasteiger partial charge in [0, 0.05) is 39.8 Å². The molecule has 19 heavy (non-hydrogen) atoms. The molecule has 1 aliphatic rings. The first-order valence-corrected chi connectivity index (χ1v) is 6.87. The predicted molar refractivity (Wildman–Crippen MR) is 74.0 cm³/mol. The molecule has 1 saturated heterocycles. The highest BCUT2D eigenvalue weighted by molar-refractivity contribution is 5.81. The van der Waals surface area contributed by atoms with Crippen LogP contribution in [0.3, 0.4) is 0 Å². The Labute approximate surface area is 115 Å². The van der Waals surface area contributed by atoms with Gasteiger partial charge < -0.3 is 20.5 Å². The van der Waals surface area contributed by atoms with Gasteiger partial charge in [-0.1, -0.05) is 0 Å². The van der Waals surface area contributed by atoms with Crippen molar-refractivity contribution in [1.82, 2.24) is 15.5 Å². The Morgan fingerprint density at radius 3 is 2.63 bits per heavy atom. The average Bonchev–Trinajstić information content (AvgIpc) is 2.38. The Bertz CT molecular complexity index is 278. The van der Waals surface area contributed by atoms with Crippen LogP contribution < -0.4 is 10.6 Å². The van der Waals surface area contributed by atoms with Crippen LogP contribution in [0, 0.1) is 5.41 Å². The number of rotatable bonds is 7. The van der Waals surface area contributed by atoms with Crippen LogP contribution in [0.4, 0.5) is 0 Å². The van der Waals surface area contributed by atoms with Crippen LogP contribution >= 0.6 is 0 Å². The molecule has 1 rings (SSSR count). The summed E-state index contributed by atoms with van der Waals surface area (Å²) < 4.78 is 5.26. The summed E-state index contributed by atoms with van der Waals surface area (Å²) in [4.78, 5) is 13.8. The lowest BCUT2D eigenvalue weighted by Gasteiger charge is -2.29.